The first-order chi connectivity index (χ1) is 16.5. The molecule has 34 heavy (non-hydrogen) atoms. The van der Waals surface area contributed by atoms with Crippen molar-refractivity contribution in [3.8, 4) is 5.75 Å². The van der Waals surface area contributed by atoms with Crippen molar-refractivity contribution in [3.63, 3.8) is 0 Å². The molecule has 1 saturated heterocycles. The molecule has 3 N–H and O–H groups in total. The van der Waals surface area contributed by atoms with Gasteiger partial charge in [-0.1, -0.05) is 36.8 Å². The average molecular weight is 465 g/mol. The second kappa shape index (κ2) is 9.76. The van der Waals surface area contributed by atoms with E-state index in [9.17, 15) is 14.7 Å². The number of carbonyl (C=O) groups is 2. The zero-order chi connectivity index (χ0) is 23.7. The SMILES string of the molecule is C[C@H](NC(=O)C[C@H]1C[C@H]2c3cc(NC(=O)C4CCC4)ccc3O[C@H]2[C@H](CO)O1)c1ccccc1. The number of aliphatic hydroxyl groups is 1. The number of fused-ring (bicyclic) bond motifs is 3. The molecule has 5 atom stereocenters. The minimum absolute atomic E-state index is 0.00852. The van der Waals surface area contributed by atoms with Crippen LogP contribution in [-0.2, 0) is 14.3 Å². The lowest BCUT2D eigenvalue weighted by Gasteiger charge is -2.37. The number of aliphatic hydroxyl groups excluding tert-OH is 1. The van der Waals surface area contributed by atoms with Crippen LogP contribution in [0.15, 0.2) is 48.5 Å². The summed E-state index contributed by atoms with van der Waals surface area (Å²) in [4.78, 5) is 25.2. The predicted molar refractivity (Wildman–Crippen MR) is 128 cm³/mol. The van der Waals surface area contributed by atoms with Crippen molar-refractivity contribution in [2.24, 2.45) is 5.92 Å². The van der Waals surface area contributed by atoms with E-state index < -0.39 is 6.10 Å². The summed E-state index contributed by atoms with van der Waals surface area (Å²) in [6.07, 6.45) is 2.69. The third kappa shape index (κ3) is 4.68. The molecule has 0 radical (unpaired) electrons. The first-order valence-corrected chi connectivity index (χ1v) is 12.2. The number of rotatable bonds is 7. The Balaban J connectivity index is 1.26. The Morgan fingerprint density at radius 2 is 1.94 bits per heavy atom. The fourth-order valence-corrected chi connectivity index (χ4v) is 5.21. The highest BCUT2D eigenvalue weighted by molar-refractivity contribution is 5.93. The van der Waals surface area contributed by atoms with Crippen LogP contribution >= 0.6 is 0 Å². The monoisotopic (exact) mass is 464 g/mol. The van der Waals surface area contributed by atoms with Crippen molar-refractivity contribution in [2.75, 3.05) is 11.9 Å². The number of ether oxygens (including phenoxy) is 2. The Morgan fingerprint density at radius 1 is 1.15 bits per heavy atom. The molecule has 0 aromatic heterocycles. The molecule has 0 spiro atoms. The molecule has 2 amide bonds. The summed E-state index contributed by atoms with van der Waals surface area (Å²) in [6, 6.07) is 15.4. The van der Waals surface area contributed by atoms with Gasteiger partial charge in [-0.3, -0.25) is 9.59 Å². The van der Waals surface area contributed by atoms with E-state index in [1.807, 2.05) is 55.5 Å². The van der Waals surface area contributed by atoms with Gasteiger partial charge in [-0.05, 0) is 49.9 Å². The molecular weight excluding hydrogens is 432 g/mol. The van der Waals surface area contributed by atoms with Crippen LogP contribution in [-0.4, -0.2) is 41.8 Å². The van der Waals surface area contributed by atoms with E-state index >= 15 is 0 Å². The van der Waals surface area contributed by atoms with Gasteiger partial charge in [0.2, 0.25) is 11.8 Å². The minimum Gasteiger partial charge on any atom is -0.487 e. The molecule has 5 rings (SSSR count). The van der Waals surface area contributed by atoms with Gasteiger partial charge >= 0.3 is 0 Å². The molecule has 0 unspecified atom stereocenters. The normalized spacial score (nSPS) is 26.4. The first-order valence-electron chi connectivity index (χ1n) is 12.2. The number of amides is 2. The van der Waals surface area contributed by atoms with Gasteiger partial charge in [-0.2, -0.15) is 0 Å². The first kappa shape index (κ1) is 22.9. The van der Waals surface area contributed by atoms with Crippen LogP contribution in [0.1, 0.15) is 62.1 Å². The van der Waals surface area contributed by atoms with E-state index in [0.29, 0.717) is 6.42 Å². The molecule has 1 aliphatic carbocycles. The summed E-state index contributed by atoms with van der Waals surface area (Å²) in [5, 5.41) is 16.1. The van der Waals surface area contributed by atoms with Crippen molar-refractivity contribution in [2.45, 2.75) is 69.3 Å². The maximum atomic E-state index is 12.8. The highest BCUT2D eigenvalue weighted by Crippen LogP contribution is 2.47. The topological polar surface area (TPSA) is 96.9 Å². The second-order valence-electron chi connectivity index (χ2n) is 9.68. The lowest BCUT2D eigenvalue weighted by molar-refractivity contribution is -0.142. The Kier molecular flexibility index (Phi) is 6.57. The number of hydrogen-bond acceptors (Lipinski definition) is 5. The smallest absolute Gasteiger partial charge is 0.227 e. The molecule has 3 aliphatic rings. The number of hydrogen-bond donors (Lipinski definition) is 3. The van der Waals surface area contributed by atoms with E-state index in [1.165, 1.54) is 0 Å². The van der Waals surface area contributed by atoms with Crippen molar-refractivity contribution in [1.29, 1.82) is 0 Å². The molecule has 7 heteroatoms. The van der Waals surface area contributed by atoms with Crippen LogP contribution in [0, 0.1) is 5.92 Å². The molecule has 2 aromatic rings. The maximum Gasteiger partial charge on any atom is 0.227 e. The summed E-state index contributed by atoms with van der Waals surface area (Å²) in [7, 11) is 0. The quantitative estimate of drug-likeness (QED) is 0.581. The average Bonchev–Trinajstić information content (AvgIpc) is 3.16. The van der Waals surface area contributed by atoms with E-state index in [-0.39, 0.29) is 54.9 Å². The van der Waals surface area contributed by atoms with Crippen molar-refractivity contribution in [1.82, 2.24) is 5.32 Å². The minimum atomic E-state index is -0.511. The van der Waals surface area contributed by atoms with Crippen LogP contribution in [0.25, 0.3) is 0 Å². The summed E-state index contributed by atoms with van der Waals surface area (Å²) in [5.74, 6) is 0.841. The van der Waals surface area contributed by atoms with Gasteiger partial charge in [-0.25, -0.2) is 0 Å². The lowest BCUT2D eigenvalue weighted by atomic mass is 9.83. The van der Waals surface area contributed by atoms with E-state index in [4.69, 9.17) is 9.47 Å². The Hall–Kier alpha value is -2.90. The van der Waals surface area contributed by atoms with Gasteiger partial charge in [0.25, 0.3) is 0 Å². The van der Waals surface area contributed by atoms with Crippen molar-refractivity contribution < 1.29 is 24.2 Å². The van der Waals surface area contributed by atoms with Gasteiger partial charge in [0.1, 0.15) is 18.0 Å². The zero-order valence-electron chi connectivity index (χ0n) is 19.4. The zero-order valence-corrected chi connectivity index (χ0v) is 19.4. The van der Waals surface area contributed by atoms with Crippen molar-refractivity contribution >= 4 is 17.5 Å². The lowest BCUT2D eigenvalue weighted by Crippen LogP contribution is -2.47. The number of carbonyl (C=O) groups excluding carboxylic acids is 2. The summed E-state index contributed by atoms with van der Waals surface area (Å²) in [6.45, 7) is 1.78. The Labute approximate surface area is 199 Å². The fraction of sp³-hybridized carbons (Fsp3) is 0.481. The Morgan fingerprint density at radius 3 is 2.65 bits per heavy atom. The standard InChI is InChI=1S/C27H32N2O5/c1-16(17-6-3-2-4-7-17)28-25(31)14-20-13-22-21-12-19(29-27(32)18-8-5-9-18)10-11-23(21)34-26(22)24(15-30)33-20/h2-4,6-7,10-12,16,18,20,22,24,26,30H,5,8-9,13-15H2,1H3,(H,28,31)(H,29,32)/t16-,20+,22-,24-,26+/m0/s1. The van der Waals surface area contributed by atoms with Crippen LogP contribution in [0.3, 0.4) is 0 Å². The summed E-state index contributed by atoms with van der Waals surface area (Å²) < 4.78 is 12.2. The molecule has 0 bridgehead atoms. The van der Waals surface area contributed by atoms with Crippen LogP contribution < -0.4 is 15.4 Å². The van der Waals surface area contributed by atoms with Gasteiger partial charge < -0.3 is 25.2 Å². The van der Waals surface area contributed by atoms with Gasteiger partial charge in [0.05, 0.1) is 25.2 Å². The number of benzene rings is 2. The van der Waals surface area contributed by atoms with Crippen LogP contribution in [0.4, 0.5) is 5.69 Å². The van der Waals surface area contributed by atoms with Crippen molar-refractivity contribution in [3.05, 3.63) is 59.7 Å². The Bertz CT molecular complexity index is 1040. The predicted octanol–water partition coefficient (Wildman–Crippen LogP) is 3.69. The van der Waals surface area contributed by atoms with Gasteiger partial charge in [0.15, 0.2) is 0 Å². The molecule has 2 heterocycles. The maximum absolute atomic E-state index is 12.8. The fourth-order valence-electron chi connectivity index (χ4n) is 5.21. The highest BCUT2D eigenvalue weighted by atomic mass is 16.6. The summed E-state index contributed by atoms with van der Waals surface area (Å²) in [5.41, 5.74) is 2.81. The van der Waals surface area contributed by atoms with E-state index in [0.717, 1.165) is 41.8 Å². The van der Waals surface area contributed by atoms with E-state index in [1.54, 1.807) is 0 Å². The number of anilines is 1. The summed E-state index contributed by atoms with van der Waals surface area (Å²) >= 11 is 0. The molecule has 1 saturated carbocycles. The van der Waals surface area contributed by atoms with Crippen LogP contribution in [0.2, 0.25) is 0 Å². The molecule has 2 aromatic carbocycles. The molecule has 180 valence electrons. The van der Waals surface area contributed by atoms with Gasteiger partial charge in [0, 0.05) is 23.1 Å². The van der Waals surface area contributed by atoms with Crippen LogP contribution in [0.5, 0.6) is 5.75 Å². The molecule has 7 nitrogen and oxygen atoms in total. The molecular formula is C27H32N2O5. The molecule has 2 fully saturated rings. The highest BCUT2D eigenvalue weighted by Gasteiger charge is 2.46. The van der Waals surface area contributed by atoms with E-state index in [2.05, 4.69) is 10.6 Å². The number of nitrogens with one attached hydrogen (secondary N) is 2. The third-order valence-corrected chi connectivity index (χ3v) is 7.33. The second-order valence-corrected chi connectivity index (χ2v) is 9.68. The largest absolute Gasteiger partial charge is 0.487 e. The van der Waals surface area contributed by atoms with Gasteiger partial charge in [-0.15, -0.1) is 0 Å². The molecule has 2 aliphatic heterocycles. The third-order valence-electron chi connectivity index (χ3n) is 7.33.